The molecule has 1 heterocycles. The predicted octanol–water partition coefficient (Wildman–Crippen LogP) is 2.40. The zero-order chi connectivity index (χ0) is 15.0. The van der Waals surface area contributed by atoms with Crippen LogP contribution in [0.25, 0.3) is 0 Å². The third kappa shape index (κ3) is 2.43. The van der Waals surface area contributed by atoms with Crippen LogP contribution in [0.15, 0.2) is 12.1 Å². The molecule has 2 atom stereocenters. The fourth-order valence-corrected chi connectivity index (χ4v) is 2.63. The van der Waals surface area contributed by atoms with E-state index in [4.69, 9.17) is 28.9 Å². The molecular weight excluding hydrogens is 301 g/mol. The van der Waals surface area contributed by atoms with Gasteiger partial charge >= 0.3 is 0 Å². The van der Waals surface area contributed by atoms with E-state index in [1.165, 1.54) is 4.90 Å². The molecule has 1 aliphatic rings. The Morgan fingerprint density at radius 2 is 2.05 bits per heavy atom. The van der Waals surface area contributed by atoms with Gasteiger partial charge in [-0.2, -0.15) is 0 Å². The molecule has 0 saturated carbocycles. The highest BCUT2D eigenvalue weighted by atomic mass is 35.5. The first-order valence-electron chi connectivity index (χ1n) is 6.24. The van der Waals surface area contributed by atoms with Crippen LogP contribution in [0.3, 0.4) is 0 Å². The molecule has 1 aromatic carbocycles. The zero-order valence-electron chi connectivity index (χ0n) is 11.1. The van der Waals surface area contributed by atoms with Gasteiger partial charge in [-0.15, -0.1) is 0 Å². The molecule has 0 bridgehead atoms. The number of fused-ring (bicyclic) bond motifs is 1. The summed E-state index contributed by atoms with van der Waals surface area (Å²) in [6.45, 7) is 3.51. The van der Waals surface area contributed by atoms with E-state index in [2.05, 4.69) is 5.32 Å². The van der Waals surface area contributed by atoms with Crippen molar-refractivity contribution in [2.45, 2.75) is 32.4 Å². The lowest BCUT2D eigenvalue weighted by Crippen LogP contribution is -2.54. The molecule has 0 fully saturated rings. The van der Waals surface area contributed by atoms with E-state index in [1.807, 2.05) is 0 Å². The average Bonchev–Trinajstić information content (AvgIpc) is 2.37. The van der Waals surface area contributed by atoms with E-state index >= 15 is 0 Å². The molecule has 0 aromatic heterocycles. The van der Waals surface area contributed by atoms with Crippen molar-refractivity contribution < 1.29 is 9.59 Å². The van der Waals surface area contributed by atoms with Gasteiger partial charge in [0.2, 0.25) is 11.8 Å². The Kier molecular flexibility index (Phi) is 4.11. The van der Waals surface area contributed by atoms with Gasteiger partial charge in [-0.05, 0) is 25.5 Å². The summed E-state index contributed by atoms with van der Waals surface area (Å²) in [4.78, 5) is 25.4. The van der Waals surface area contributed by atoms with E-state index in [0.29, 0.717) is 27.8 Å². The van der Waals surface area contributed by atoms with Crippen LogP contribution in [0.1, 0.15) is 20.3 Å². The summed E-state index contributed by atoms with van der Waals surface area (Å²) in [6.07, 6.45) is 0.424. The van der Waals surface area contributed by atoms with Gasteiger partial charge in [0.15, 0.2) is 0 Å². The summed E-state index contributed by atoms with van der Waals surface area (Å²) in [6, 6.07) is 2.04. The number of halogens is 2. The van der Waals surface area contributed by atoms with E-state index in [0.717, 1.165) is 0 Å². The monoisotopic (exact) mass is 315 g/mol. The lowest BCUT2D eigenvalue weighted by Gasteiger charge is -2.37. The number of rotatable bonds is 3. The summed E-state index contributed by atoms with van der Waals surface area (Å²) in [5.74, 6) is -0.770. The summed E-state index contributed by atoms with van der Waals surface area (Å²) in [5.41, 5.74) is 6.58. The minimum absolute atomic E-state index is 0.221. The number of primary amides is 1. The molecule has 108 valence electrons. The van der Waals surface area contributed by atoms with Crippen molar-refractivity contribution in [3.63, 3.8) is 0 Å². The van der Waals surface area contributed by atoms with Crippen LogP contribution in [-0.2, 0) is 9.59 Å². The van der Waals surface area contributed by atoms with Gasteiger partial charge in [0.05, 0.1) is 21.4 Å². The topological polar surface area (TPSA) is 75.4 Å². The first-order valence-corrected chi connectivity index (χ1v) is 7.00. The van der Waals surface area contributed by atoms with Gasteiger partial charge in [0.25, 0.3) is 0 Å². The molecule has 5 nitrogen and oxygen atoms in total. The van der Waals surface area contributed by atoms with Gasteiger partial charge in [-0.25, -0.2) is 0 Å². The van der Waals surface area contributed by atoms with Crippen LogP contribution in [-0.4, -0.2) is 23.9 Å². The molecule has 2 amide bonds. The summed E-state index contributed by atoms with van der Waals surface area (Å²) >= 11 is 12.0. The quantitative estimate of drug-likeness (QED) is 0.899. The van der Waals surface area contributed by atoms with Crippen LogP contribution in [0.4, 0.5) is 11.4 Å². The molecular formula is C13H15Cl2N3O2. The Morgan fingerprint density at radius 3 is 2.60 bits per heavy atom. The average molecular weight is 316 g/mol. The molecule has 20 heavy (non-hydrogen) atoms. The van der Waals surface area contributed by atoms with Gasteiger partial charge in [0, 0.05) is 0 Å². The molecule has 3 N–H and O–H groups in total. The third-order valence-corrected chi connectivity index (χ3v) is 4.03. The Hall–Kier alpha value is -1.46. The highest BCUT2D eigenvalue weighted by molar-refractivity contribution is 6.42. The van der Waals surface area contributed by atoms with Crippen molar-refractivity contribution in [3.05, 3.63) is 22.2 Å². The van der Waals surface area contributed by atoms with Crippen molar-refractivity contribution in [2.75, 3.05) is 10.2 Å². The molecule has 0 saturated heterocycles. The third-order valence-electron chi connectivity index (χ3n) is 3.30. The van der Waals surface area contributed by atoms with E-state index < -0.39 is 18.0 Å². The van der Waals surface area contributed by atoms with E-state index in [1.54, 1.807) is 26.0 Å². The normalized spacial score (nSPS) is 19.3. The smallest absolute Gasteiger partial charge is 0.249 e. The zero-order valence-corrected chi connectivity index (χ0v) is 12.6. The van der Waals surface area contributed by atoms with Crippen LogP contribution in [0.5, 0.6) is 0 Å². The number of hydrogen-bond donors (Lipinski definition) is 2. The molecule has 0 aliphatic carbocycles. The number of anilines is 2. The second-order valence-electron chi connectivity index (χ2n) is 4.68. The fraction of sp³-hybridized carbons (Fsp3) is 0.385. The van der Waals surface area contributed by atoms with Crippen molar-refractivity contribution in [3.8, 4) is 0 Å². The molecule has 7 heteroatoms. The van der Waals surface area contributed by atoms with Crippen molar-refractivity contribution in [1.82, 2.24) is 0 Å². The summed E-state index contributed by atoms with van der Waals surface area (Å²) in [5, 5.41) is 3.74. The lowest BCUT2D eigenvalue weighted by molar-refractivity contribution is -0.125. The number of amides is 2. The maximum atomic E-state index is 12.4. The van der Waals surface area contributed by atoms with Crippen LogP contribution in [0.2, 0.25) is 10.0 Å². The highest BCUT2D eigenvalue weighted by Gasteiger charge is 2.36. The number of nitrogens with two attached hydrogens (primary N) is 1. The fourth-order valence-electron chi connectivity index (χ4n) is 2.31. The first kappa shape index (κ1) is 14.9. The van der Waals surface area contributed by atoms with Gasteiger partial charge in [-0.3, -0.25) is 14.5 Å². The predicted molar refractivity (Wildman–Crippen MR) is 80.3 cm³/mol. The van der Waals surface area contributed by atoms with Crippen LogP contribution < -0.4 is 16.0 Å². The Bertz CT molecular complexity index is 577. The van der Waals surface area contributed by atoms with Crippen molar-refractivity contribution in [1.29, 1.82) is 0 Å². The second kappa shape index (κ2) is 5.50. The van der Waals surface area contributed by atoms with Gasteiger partial charge < -0.3 is 11.1 Å². The van der Waals surface area contributed by atoms with Crippen molar-refractivity contribution in [2.24, 2.45) is 5.73 Å². The minimum Gasteiger partial charge on any atom is -0.372 e. The van der Waals surface area contributed by atoms with E-state index in [9.17, 15) is 9.59 Å². The van der Waals surface area contributed by atoms with E-state index in [-0.39, 0.29) is 5.91 Å². The molecule has 1 aliphatic heterocycles. The Balaban J connectivity index is 2.59. The van der Waals surface area contributed by atoms with Gasteiger partial charge in [-0.1, -0.05) is 30.1 Å². The number of nitrogens with one attached hydrogen (secondary N) is 1. The number of benzene rings is 1. The van der Waals surface area contributed by atoms with Crippen molar-refractivity contribution >= 4 is 46.4 Å². The molecule has 1 aromatic rings. The second-order valence-corrected chi connectivity index (χ2v) is 5.50. The maximum absolute atomic E-state index is 12.4. The van der Waals surface area contributed by atoms with Crippen LogP contribution in [0, 0.1) is 0 Å². The van der Waals surface area contributed by atoms with Crippen LogP contribution >= 0.6 is 23.2 Å². The molecule has 2 rings (SSSR count). The summed E-state index contributed by atoms with van der Waals surface area (Å²) in [7, 11) is 0. The van der Waals surface area contributed by atoms with Gasteiger partial charge in [0.1, 0.15) is 12.1 Å². The first-order chi connectivity index (χ1) is 9.36. The largest absolute Gasteiger partial charge is 0.372 e. The maximum Gasteiger partial charge on any atom is 0.249 e. The minimum atomic E-state index is -0.706. The SMILES string of the molecule is CCC(C(N)=O)N1C(=O)C(C)Nc2cc(Cl)c(Cl)cc21. The number of nitrogens with zero attached hydrogens (tertiary/aromatic N) is 1. The Morgan fingerprint density at radius 1 is 1.45 bits per heavy atom. The number of hydrogen-bond acceptors (Lipinski definition) is 3. The standard InChI is InChI=1S/C13H15Cl2N3O2/c1-3-10(12(16)19)18-11-5-8(15)7(14)4-9(11)17-6(2)13(18)20/h4-6,10,17H,3H2,1-2H3,(H2,16,19). The lowest BCUT2D eigenvalue weighted by atomic mass is 10.0. The number of carbonyl (C=O) groups excluding carboxylic acids is 2. The molecule has 0 radical (unpaired) electrons. The summed E-state index contributed by atoms with van der Waals surface area (Å²) < 4.78 is 0. The number of carbonyl (C=O) groups is 2. The molecule has 2 unspecified atom stereocenters. The Labute approximate surface area is 127 Å². The highest BCUT2D eigenvalue weighted by Crippen LogP contribution is 2.39. The molecule has 0 spiro atoms.